The minimum Gasteiger partial charge on any atom is -0.399 e. The van der Waals surface area contributed by atoms with E-state index in [0.717, 1.165) is 82.5 Å². The second-order valence-corrected chi connectivity index (χ2v) is 17.7. The van der Waals surface area contributed by atoms with E-state index < -0.39 is 0 Å². The van der Waals surface area contributed by atoms with Crippen LogP contribution in [0.5, 0.6) is 0 Å². The molecule has 0 aliphatic heterocycles. The Morgan fingerprint density at radius 3 is 1.82 bits per heavy atom. The molecule has 2 aliphatic rings. The lowest BCUT2D eigenvalue weighted by Gasteiger charge is -2.20. The standard InChI is InChI=1S/C32H29N.C25H21N.C13H17N/c1-2-27(15-7-6-12-25-13-11-20-31(33)24-25)29-19-10-14-26(22-29)23-30-18-8-9-21-32(30)28-16-4-3-5-17-28;26-25(23-17-9-7-15-21(23)19-11-3-1-4-12-19)24-18-10-8-16-22(24)20-13-5-2-6-14-20;1-3-5-8-11(4-2)12-9-6-7-10-13(12)14/h2-22,24H,23,33H2,1H3;1-7,9,11-18,26H,8,10H2;3-5,8-10H,2,6-7,14H2,1H3/b12-6+,15-7-,27-2+;;5-3-,11-8+. The highest BCUT2D eigenvalue weighted by Gasteiger charge is 2.19. The Hall–Kier alpha value is -8.79. The molecule has 0 unspecified atom stereocenters. The van der Waals surface area contributed by atoms with Gasteiger partial charge in [0.1, 0.15) is 0 Å². The molecule has 362 valence electrons. The summed E-state index contributed by atoms with van der Waals surface area (Å²) in [6, 6.07) is 65.0. The summed E-state index contributed by atoms with van der Waals surface area (Å²) >= 11 is 0. The fourth-order valence-electron chi connectivity index (χ4n) is 8.97. The van der Waals surface area contributed by atoms with Crippen molar-refractivity contribution in [3.63, 3.8) is 0 Å². The number of allylic oxidation sites excluding steroid dienone is 16. The Balaban J connectivity index is 0.000000173. The van der Waals surface area contributed by atoms with E-state index in [9.17, 15) is 0 Å². The maximum atomic E-state index is 8.98. The van der Waals surface area contributed by atoms with Gasteiger partial charge in [-0.15, -0.1) is 0 Å². The zero-order chi connectivity index (χ0) is 51.0. The molecule has 5 N–H and O–H groups in total. The first-order valence-electron chi connectivity index (χ1n) is 25.3. The SMILES string of the molecule is C=C/C(=C\C=C/C)C1=CCCC=C1N.C\C=C(/C=C\C=C\c1cccc(N)c1)c1cccc(Cc2ccccc2-c2ccccc2)c1.N=C(C1=CCCC=C1c1ccccc1)c1ccccc1-c1ccccc1. The third kappa shape index (κ3) is 14.9. The maximum absolute atomic E-state index is 8.98. The third-order valence-electron chi connectivity index (χ3n) is 12.6. The fourth-order valence-corrected chi connectivity index (χ4v) is 8.97. The molecular weight excluding hydrogens is 883 g/mol. The van der Waals surface area contributed by atoms with Gasteiger partial charge in [0.05, 0.1) is 5.71 Å². The minimum atomic E-state index is 0.597. The molecule has 0 saturated carbocycles. The summed E-state index contributed by atoms with van der Waals surface area (Å²) in [5, 5.41) is 8.98. The highest BCUT2D eigenvalue weighted by molar-refractivity contribution is 6.22. The number of hydrogen-bond donors (Lipinski definition) is 3. The lowest BCUT2D eigenvalue weighted by Crippen LogP contribution is -2.09. The van der Waals surface area contributed by atoms with E-state index in [1.165, 1.54) is 44.5 Å². The number of rotatable bonds is 14. The first-order chi connectivity index (χ1) is 35.9. The quantitative estimate of drug-likeness (QED) is 0.0577. The van der Waals surface area contributed by atoms with Crippen LogP contribution in [0.15, 0.2) is 290 Å². The molecule has 73 heavy (non-hydrogen) atoms. The first kappa shape index (κ1) is 52.0. The average molecular weight is 950 g/mol. The van der Waals surface area contributed by atoms with Crippen LogP contribution in [0.1, 0.15) is 72.9 Å². The van der Waals surface area contributed by atoms with Gasteiger partial charge in [-0.3, -0.25) is 5.41 Å². The molecule has 0 aromatic heterocycles. The van der Waals surface area contributed by atoms with E-state index in [1.54, 1.807) is 0 Å². The Kier molecular flexibility index (Phi) is 19.7. The van der Waals surface area contributed by atoms with Crippen LogP contribution in [-0.2, 0) is 6.42 Å². The van der Waals surface area contributed by atoms with E-state index in [1.807, 2.05) is 91.9 Å². The fraction of sp³-hybridized carbons (Fsp3) is 0.100. The number of hydrogen-bond acceptors (Lipinski definition) is 3. The van der Waals surface area contributed by atoms with Gasteiger partial charge in [-0.1, -0.05) is 261 Å². The van der Waals surface area contributed by atoms with Gasteiger partial charge in [-0.2, -0.15) is 0 Å². The molecule has 0 bridgehead atoms. The number of anilines is 1. The Bertz CT molecular complexity index is 3240. The molecule has 7 aromatic carbocycles. The van der Waals surface area contributed by atoms with Crippen LogP contribution in [-0.4, -0.2) is 5.71 Å². The van der Waals surface area contributed by atoms with Crippen LogP contribution in [0.25, 0.3) is 39.5 Å². The lowest BCUT2D eigenvalue weighted by molar-refractivity contribution is 0.989. The maximum Gasteiger partial charge on any atom is 0.0693 e. The van der Waals surface area contributed by atoms with Crippen molar-refractivity contribution >= 4 is 28.6 Å². The molecule has 0 heterocycles. The topological polar surface area (TPSA) is 75.9 Å². The molecule has 0 amide bonds. The predicted molar refractivity (Wildman–Crippen MR) is 317 cm³/mol. The molecule has 2 aliphatic carbocycles. The van der Waals surface area contributed by atoms with E-state index >= 15 is 0 Å². The Morgan fingerprint density at radius 1 is 0.548 bits per heavy atom. The van der Waals surface area contributed by atoms with Crippen LogP contribution in [0, 0.1) is 5.41 Å². The molecule has 0 spiro atoms. The molecule has 7 aromatic rings. The van der Waals surface area contributed by atoms with Gasteiger partial charge < -0.3 is 11.5 Å². The predicted octanol–water partition coefficient (Wildman–Crippen LogP) is 18.0. The van der Waals surface area contributed by atoms with Crippen LogP contribution in [0.3, 0.4) is 0 Å². The van der Waals surface area contributed by atoms with E-state index in [-0.39, 0.29) is 0 Å². The Labute approximate surface area is 434 Å². The van der Waals surface area contributed by atoms with Crippen molar-refractivity contribution in [3.8, 4) is 22.3 Å². The minimum absolute atomic E-state index is 0.597. The highest BCUT2D eigenvalue weighted by atomic mass is 14.6. The third-order valence-corrected chi connectivity index (χ3v) is 12.6. The summed E-state index contributed by atoms with van der Waals surface area (Å²) in [7, 11) is 0. The second-order valence-electron chi connectivity index (χ2n) is 17.7. The number of nitrogens with one attached hydrogen (secondary N) is 1. The lowest BCUT2D eigenvalue weighted by atomic mass is 9.84. The van der Waals surface area contributed by atoms with Crippen molar-refractivity contribution < 1.29 is 0 Å². The van der Waals surface area contributed by atoms with E-state index in [0.29, 0.717) is 5.71 Å². The number of nitrogen functional groups attached to an aromatic ring is 1. The van der Waals surface area contributed by atoms with Crippen molar-refractivity contribution in [1.82, 2.24) is 0 Å². The van der Waals surface area contributed by atoms with Gasteiger partial charge in [0.15, 0.2) is 0 Å². The summed E-state index contributed by atoms with van der Waals surface area (Å²) in [5.41, 5.74) is 31.6. The van der Waals surface area contributed by atoms with Crippen LogP contribution in [0.2, 0.25) is 0 Å². The highest BCUT2D eigenvalue weighted by Crippen LogP contribution is 2.34. The van der Waals surface area contributed by atoms with Gasteiger partial charge in [-0.05, 0) is 125 Å². The molecule has 0 radical (unpaired) electrons. The molecule has 3 nitrogen and oxygen atoms in total. The normalized spacial score (nSPS) is 13.7. The van der Waals surface area contributed by atoms with Gasteiger partial charge in [-0.25, -0.2) is 0 Å². The van der Waals surface area contributed by atoms with Crippen molar-refractivity contribution in [3.05, 3.63) is 323 Å². The summed E-state index contributed by atoms with van der Waals surface area (Å²) in [6.07, 6.45) is 32.1. The average Bonchev–Trinajstić information content (AvgIpc) is 3.45. The Morgan fingerprint density at radius 2 is 1.15 bits per heavy atom. The van der Waals surface area contributed by atoms with Crippen molar-refractivity contribution in [2.75, 3.05) is 5.73 Å². The summed E-state index contributed by atoms with van der Waals surface area (Å²) in [5.74, 6) is 0. The summed E-state index contributed by atoms with van der Waals surface area (Å²) in [6.45, 7) is 7.87. The summed E-state index contributed by atoms with van der Waals surface area (Å²) in [4.78, 5) is 0. The number of benzene rings is 7. The second kappa shape index (κ2) is 27.6. The largest absolute Gasteiger partial charge is 0.399 e. The van der Waals surface area contributed by atoms with E-state index in [4.69, 9.17) is 16.9 Å². The van der Waals surface area contributed by atoms with Crippen LogP contribution < -0.4 is 11.5 Å². The molecular formula is C70H67N3. The smallest absolute Gasteiger partial charge is 0.0693 e. The van der Waals surface area contributed by atoms with Gasteiger partial charge in [0.25, 0.3) is 0 Å². The monoisotopic (exact) mass is 950 g/mol. The van der Waals surface area contributed by atoms with E-state index in [2.05, 4.69) is 196 Å². The van der Waals surface area contributed by atoms with Gasteiger partial charge >= 0.3 is 0 Å². The molecule has 0 saturated heterocycles. The number of nitrogens with two attached hydrogens (primary N) is 2. The molecule has 0 atom stereocenters. The zero-order valence-electron chi connectivity index (χ0n) is 42.3. The zero-order valence-corrected chi connectivity index (χ0v) is 42.3. The molecule has 9 rings (SSSR count). The summed E-state index contributed by atoms with van der Waals surface area (Å²) < 4.78 is 0. The molecule has 3 heteroatoms. The first-order valence-corrected chi connectivity index (χ1v) is 25.3. The van der Waals surface area contributed by atoms with Crippen molar-refractivity contribution in [2.24, 2.45) is 5.73 Å². The van der Waals surface area contributed by atoms with Crippen molar-refractivity contribution in [2.45, 2.75) is 46.0 Å². The van der Waals surface area contributed by atoms with Crippen LogP contribution in [0.4, 0.5) is 5.69 Å². The van der Waals surface area contributed by atoms with Crippen LogP contribution >= 0.6 is 0 Å². The van der Waals surface area contributed by atoms with Gasteiger partial charge in [0.2, 0.25) is 0 Å². The molecule has 0 fully saturated rings. The van der Waals surface area contributed by atoms with Crippen molar-refractivity contribution in [1.29, 1.82) is 5.41 Å². The van der Waals surface area contributed by atoms with Gasteiger partial charge in [0, 0.05) is 28.1 Å².